The normalized spacial score (nSPS) is 23.3. The summed E-state index contributed by atoms with van der Waals surface area (Å²) in [7, 11) is -3.38. The largest absolute Gasteiger partial charge is 0.387 e. The van der Waals surface area contributed by atoms with E-state index in [2.05, 4.69) is 0 Å². The smallest absolute Gasteiger partial charge is 0.259 e. The van der Waals surface area contributed by atoms with Gasteiger partial charge in [-0.1, -0.05) is 0 Å². The van der Waals surface area contributed by atoms with Gasteiger partial charge in [0.15, 0.2) is 0 Å². The lowest BCUT2D eigenvalue weighted by Gasteiger charge is -2.19. The zero-order valence-corrected chi connectivity index (χ0v) is 8.08. The molecule has 10 heavy (non-hydrogen) atoms. The molecule has 7 heteroatoms. The van der Waals surface area contributed by atoms with Crippen LogP contribution in [0.4, 0.5) is 4.39 Å². The van der Waals surface area contributed by atoms with E-state index in [0.717, 1.165) is 22.6 Å². The molecule has 0 aliphatic heterocycles. The van der Waals surface area contributed by atoms with Crippen LogP contribution >= 0.6 is 30.6 Å². The predicted octanol–water partition coefficient (Wildman–Crippen LogP) is -0.169. The Morgan fingerprint density at radius 2 is 2.30 bits per heavy atom. The van der Waals surface area contributed by atoms with E-state index in [4.69, 9.17) is 15.7 Å². The number of hydrogen-bond acceptors (Lipinski definition) is 3. The number of nitrogens with two attached hydrogens (primary N) is 1. The molecule has 0 saturated heterocycles. The third-order valence-electron chi connectivity index (χ3n) is 0.927. The van der Waals surface area contributed by atoms with Gasteiger partial charge in [0.25, 0.3) is 3.42 Å². The van der Waals surface area contributed by atoms with E-state index in [1.807, 2.05) is 0 Å². The van der Waals surface area contributed by atoms with E-state index in [0.29, 0.717) is 0 Å². The zero-order valence-electron chi connectivity index (χ0n) is 4.92. The second-order valence-corrected chi connectivity index (χ2v) is 5.61. The van der Waals surface area contributed by atoms with Crippen molar-refractivity contribution in [1.82, 2.24) is 0 Å². The van der Waals surface area contributed by atoms with E-state index in [-0.39, 0.29) is 6.54 Å². The average Bonchev–Trinajstić information content (AvgIpc) is 1.86. The summed E-state index contributed by atoms with van der Waals surface area (Å²) >= 11 is 1.08. The number of aliphatic hydroxyl groups excluding tert-OH is 1. The molecule has 0 aliphatic rings. The Labute approximate surface area is 71.6 Å². The summed E-state index contributed by atoms with van der Waals surface area (Å²) in [5.74, 6) is 0. The standard InChI is InChI=1S/C3H8FINO3P/c4-3(5,10(8)9)2(7)1-6/h2,7,10H,1,6H2,(H,8,9). The third-order valence-corrected chi connectivity index (χ3v) is 3.93. The van der Waals surface area contributed by atoms with Crippen molar-refractivity contribution >= 4 is 30.6 Å². The van der Waals surface area contributed by atoms with Gasteiger partial charge in [0.05, 0.1) is 0 Å². The average molecular weight is 283 g/mol. The summed E-state index contributed by atoms with van der Waals surface area (Å²) in [4.78, 5) is 8.33. The van der Waals surface area contributed by atoms with Gasteiger partial charge in [-0.3, -0.25) is 4.57 Å². The van der Waals surface area contributed by atoms with Gasteiger partial charge in [0, 0.05) is 6.54 Å². The van der Waals surface area contributed by atoms with Gasteiger partial charge in [-0.25, -0.2) is 4.39 Å². The topological polar surface area (TPSA) is 83.5 Å². The van der Waals surface area contributed by atoms with E-state index < -0.39 is 17.5 Å². The monoisotopic (exact) mass is 283 g/mol. The quantitative estimate of drug-likeness (QED) is 0.381. The van der Waals surface area contributed by atoms with Gasteiger partial charge in [-0.2, -0.15) is 0 Å². The number of rotatable bonds is 3. The summed E-state index contributed by atoms with van der Waals surface area (Å²) < 4.78 is 20.5. The van der Waals surface area contributed by atoms with Crippen LogP contribution in [0.1, 0.15) is 0 Å². The molecule has 4 N–H and O–H groups in total. The minimum atomic E-state index is -3.38. The summed E-state index contributed by atoms with van der Waals surface area (Å²) in [6.07, 6.45) is -1.58. The van der Waals surface area contributed by atoms with Crippen molar-refractivity contribution in [2.75, 3.05) is 6.54 Å². The van der Waals surface area contributed by atoms with Crippen LogP contribution in [0, 0.1) is 0 Å². The van der Waals surface area contributed by atoms with Gasteiger partial charge in [0.1, 0.15) is 6.10 Å². The molecule has 4 nitrogen and oxygen atoms in total. The Bertz CT molecular complexity index is 144. The maximum Gasteiger partial charge on any atom is 0.259 e. The van der Waals surface area contributed by atoms with Crippen molar-refractivity contribution in [1.29, 1.82) is 0 Å². The molecule has 0 fully saturated rings. The molecule has 0 heterocycles. The maximum atomic E-state index is 12.7. The second-order valence-electron chi connectivity index (χ2n) is 1.68. The van der Waals surface area contributed by atoms with E-state index in [1.165, 1.54) is 0 Å². The molecule has 0 rings (SSSR count). The number of alkyl halides is 2. The molecule has 0 spiro atoms. The lowest BCUT2D eigenvalue weighted by Crippen LogP contribution is -2.34. The van der Waals surface area contributed by atoms with Gasteiger partial charge in [-0.15, -0.1) is 0 Å². The van der Waals surface area contributed by atoms with Gasteiger partial charge in [-0.05, 0) is 22.6 Å². The maximum absolute atomic E-state index is 12.7. The molecular formula is C3H8FINO3P. The Kier molecular flexibility index (Phi) is 4.27. The minimum absolute atomic E-state index is 0.365. The van der Waals surface area contributed by atoms with E-state index in [1.54, 1.807) is 0 Å². The van der Waals surface area contributed by atoms with Crippen LogP contribution < -0.4 is 5.73 Å². The van der Waals surface area contributed by atoms with Crippen molar-refractivity contribution in [3.63, 3.8) is 0 Å². The first-order valence-electron chi connectivity index (χ1n) is 2.42. The van der Waals surface area contributed by atoms with Crippen LogP contribution in [0.5, 0.6) is 0 Å². The Morgan fingerprint density at radius 3 is 2.40 bits per heavy atom. The first kappa shape index (κ1) is 10.8. The summed E-state index contributed by atoms with van der Waals surface area (Å²) in [5, 5.41) is 8.71. The first-order chi connectivity index (χ1) is 4.42. The predicted molar refractivity (Wildman–Crippen MR) is 44.1 cm³/mol. The van der Waals surface area contributed by atoms with Gasteiger partial charge >= 0.3 is 0 Å². The first-order valence-corrected chi connectivity index (χ1v) is 4.85. The highest BCUT2D eigenvalue weighted by Crippen LogP contribution is 2.45. The summed E-state index contributed by atoms with van der Waals surface area (Å²) in [6.45, 7) is -0.365. The van der Waals surface area contributed by atoms with Crippen molar-refractivity contribution in [3.05, 3.63) is 0 Å². The summed E-state index contributed by atoms with van der Waals surface area (Å²) in [5.41, 5.74) is 4.87. The molecular weight excluding hydrogens is 275 g/mol. The highest BCUT2D eigenvalue weighted by Gasteiger charge is 2.39. The Hall–Kier alpha value is 0.770. The van der Waals surface area contributed by atoms with Crippen LogP contribution in [0.2, 0.25) is 0 Å². The van der Waals surface area contributed by atoms with Crippen LogP contribution in [0.3, 0.4) is 0 Å². The van der Waals surface area contributed by atoms with E-state index >= 15 is 0 Å². The van der Waals surface area contributed by atoms with Crippen molar-refractivity contribution in [3.8, 4) is 0 Å². The molecule has 0 aromatic carbocycles. The van der Waals surface area contributed by atoms with Crippen LogP contribution in [0.15, 0.2) is 0 Å². The highest BCUT2D eigenvalue weighted by molar-refractivity contribution is 14.1. The Balaban J connectivity index is 4.23. The molecule has 0 saturated carbocycles. The van der Waals surface area contributed by atoms with Crippen LogP contribution in [-0.4, -0.2) is 26.1 Å². The molecule has 3 atom stereocenters. The zero-order chi connectivity index (χ0) is 8.36. The fraction of sp³-hybridized carbons (Fsp3) is 1.00. The van der Waals surface area contributed by atoms with Crippen LogP contribution in [-0.2, 0) is 4.57 Å². The molecule has 0 bridgehead atoms. The Morgan fingerprint density at radius 1 is 1.90 bits per heavy atom. The molecule has 0 radical (unpaired) electrons. The fourth-order valence-electron chi connectivity index (χ4n) is 0.291. The van der Waals surface area contributed by atoms with Gasteiger partial charge in [0.2, 0.25) is 8.03 Å². The lowest BCUT2D eigenvalue weighted by molar-refractivity contribution is 0.112. The molecule has 0 amide bonds. The number of aliphatic hydroxyl groups is 1. The van der Waals surface area contributed by atoms with Crippen molar-refractivity contribution in [2.24, 2.45) is 5.73 Å². The van der Waals surface area contributed by atoms with Gasteiger partial charge < -0.3 is 15.7 Å². The molecule has 62 valence electrons. The molecule has 3 unspecified atom stereocenters. The molecule has 0 aromatic heterocycles. The van der Waals surface area contributed by atoms with Crippen LogP contribution in [0.25, 0.3) is 0 Å². The summed E-state index contributed by atoms with van der Waals surface area (Å²) in [6, 6.07) is 0. The lowest BCUT2D eigenvalue weighted by atomic mass is 10.4. The highest BCUT2D eigenvalue weighted by atomic mass is 127. The van der Waals surface area contributed by atoms with Crippen molar-refractivity contribution < 1.29 is 19.0 Å². The fourth-order valence-corrected chi connectivity index (χ4v) is 0.948. The number of halogens is 2. The minimum Gasteiger partial charge on any atom is -0.387 e. The third kappa shape index (κ3) is 2.43. The van der Waals surface area contributed by atoms with Crippen molar-refractivity contribution in [2.45, 2.75) is 9.52 Å². The SMILES string of the molecule is NCC(O)C(F)(I)[PH](=O)O. The molecule has 0 aliphatic carbocycles. The number of hydrogen-bond donors (Lipinski definition) is 3. The molecule has 0 aromatic rings. The van der Waals surface area contributed by atoms with E-state index in [9.17, 15) is 8.96 Å². The second kappa shape index (κ2) is 3.96.